The van der Waals surface area contributed by atoms with E-state index >= 15 is 0 Å². The molecule has 1 fully saturated rings. The third kappa shape index (κ3) is 6.93. The molecule has 156 valence electrons. The van der Waals surface area contributed by atoms with Crippen LogP contribution in [0.15, 0.2) is 71.9 Å². The highest BCUT2D eigenvalue weighted by Gasteiger charge is 2.28. The van der Waals surface area contributed by atoms with E-state index in [1.54, 1.807) is 0 Å². The molecule has 0 spiro atoms. The van der Waals surface area contributed by atoms with Gasteiger partial charge in [-0.25, -0.2) is 0 Å². The molecule has 3 rings (SSSR count). The largest absolute Gasteiger partial charge is 0.373 e. The number of hydrogen-bond acceptors (Lipinski definition) is 3. The molecule has 0 aliphatic carbocycles. The molecule has 0 radical (unpaired) electrons. The molecule has 1 atom stereocenters. The van der Waals surface area contributed by atoms with Crippen LogP contribution in [0, 0.1) is 0 Å². The molecule has 2 aromatic rings. The minimum atomic E-state index is -1.76. The predicted octanol–water partition coefficient (Wildman–Crippen LogP) is 5.22. The molecule has 4 heteroatoms. The van der Waals surface area contributed by atoms with Crippen molar-refractivity contribution < 1.29 is 14.2 Å². The smallest absolute Gasteiger partial charge is 0.157 e. The van der Waals surface area contributed by atoms with Crippen LogP contribution in [-0.4, -0.2) is 34.2 Å². The minimum absolute atomic E-state index is 0.0270. The summed E-state index contributed by atoms with van der Waals surface area (Å²) in [7, 11) is -1.76. The first-order valence-corrected chi connectivity index (χ1v) is 13.8. The van der Waals surface area contributed by atoms with Gasteiger partial charge in [0, 0.05) is 6.61 Å². The first-order valence-electron chi connectivity index (χ1n) is 10.8. The van der Waals surface area contributed by atoms with Gasteiger partial charge in [-0.1, -0.05) is 90.2 Å². The Hall–Kier alpha value is -1.72. The molecule has 1 heterocycles. The summed E-state index contributed by atoms with van der Waals surface area (Å²) in [4.78, 5) is 0. The second-order valence-electron chi connectivity index (χ2n) is 8.14. The summed E-state index contributed by atoms with van der Waals surface area (Å²) < 4.78 is 17.7. The van der Waals surface area contributed by atoms with E-state index in [0.717, 1.165) is 25.9 Å². The Morgan fingerprint density at radius 2 is 1.76 bits per heavy atom. The minimum Gasteiger partial charge on any atom is -0.373 e. The third-order valence-corrected chi connectivity index (χ3v) is 9.51. The van der Waals surface area contributed by atoms with Gasteiger partial charge in [0.15, 0.2) is 6.29 Å². The summed E-state index contributed by atoms with van der Waals surface area (Å²) in [5.74, 6) is 0. The van der Waals surface area contributed by atoms with E-state index in [9.17, 15) is 0 Å². The molecule has 1 aliphatic heterocycles. The average molecular weight is 411 g/mol. The van der Waals surface area contributed by atoms with Crippen molar-refractivity contribution in [2.45, 2.75) is 51.7 Å². The zero-order valence-corrected chi connectivity index (χ0v) is 18.8. The van der Waals surface area contributed by atoms with E-state index in [1.807, 2.05) is 6.07 Å². The second-order valence-corrected chi connectivity index (χ2v) is 12.6. The van der Waals surface area contributed by atoms with Crippen molar-refractivity contribution in [2.75, 3.05) is 19.8 Å². The fourth-order valence-electron chi connectivity index (χ4n) is 3.76. The van der Waals surface area contributed by atoms with E-state index in [0.29, 0.717) is 19.8 Å². The highest BCUT2D eigenvalue weighted by molar-refractivity contribution is 6.95. The number of ether oxygens (including phenoxy) is 3. The molecule has 0 N–H and O–H groups in total. The maximum Gasteiger partial charge on any atom is 0.157 e. The maximum atomic E-state index is 6.04. The van der Waals surface area contributed by atoms with Gasteiger partial charge in [-0.2, -0.15) is 0 Å². The van der Waals surface area contributed by atoms with E-state index in [-0.39, 0.29) is 6.29 Å². The van der Waals surface area contributed by atoms with E-state index in [1.165, 1.54) is 22.4 Å². The molecule has 1 unspecified atom stereocenters. The SMILES string of the molecule is C[Si](C)(/C(=C/COCc1ccccc1)CCOC1CCCCO1)c1ccccc1. The van der Waals surface area contributed by atoms with Crippen molar-refractivity contribution in [1.82, 2.24) is 0 Å². The fraction of sp³-hybridized carbons (Fsp3) is 0.440. The number of rotatable bonds is 10. The van der Waals surface area contributed by atoms with E-state index in [2.05, 4.69) is 73.8 Å². The average Bonchev–Trinajstić information content (AvgIpc) is 2.77. The van der Waals surface area contributed by atoms with Crippen molar-refractivity contribution >= 4 is 13.3 Å². The molecule has 29 heavy (non-hydrogen) atoms. The number of benzene rings is 2. The van der Waals surface area contributed by atoms with Crippen LogP contribution in [0.4, 0.5) is 0 Å². The third-order valence-electron chi connectivity index (χ3n) is 5.67. The zero-order chi connectivity index (χ0) is 20.4. The number of hydrogen-bond donors (Lipinski definition) is 0. The lowest BCUT2D eigenvalue weighted by atomic mass is 10.2. The highest BCUT2D eigenvalue weighted by atomic mass is 28.3. The Morgan fingerprint density at radius 1 is 1.03 bits per heavy atom. The van der Waals surface area contributed by atoms with Crippen LogP contribution < -0.4 is 5.19 Å². The van der Waals surface area contributed by atoms with Gasteiger partial charge in [-0.05, 0) is 31.2 Å². The van der Waals surface area contributed by atoms with Crippen molar-refractivity contribution in [3.8, 4) is 0 Å². The van der Waals surface area contributed by atoms with Crippen molar-refractivity contribution in [1.29, 1.82) is 0 Å². The molecule has 0 bridgehead atoms. The Labute approximate surface area is 176 Å². The van der Waals surface area contributed by atoms with E-state index in [4.69, 9.17) is 14.2 Å². The van der Waals surface area contributed by atoms with E-state index < -0.39 is 8.07 Å². The van der Waals surface area contributed by atoms with Crippen molar-refractivity contribution in [3.05, 3.63) is 77.5 Å². The fourth-order valence-corrected chi connectivity index (χ4v) is 6.48. The van der Waals surface area contributed by atoms with Crippen LogP contribution in [0.25, 0.3) is 0 Å². The normalized spacial score (nSPS) is 18.0. The summed E-state index contributed by atoms with van der Waals surface area (Å²) in [5.41, 5.74) is 1.21. The Balaban J connectivity index is 1.61. The lowest BCUT2D eigenvalue weighted by molar-refractivity contribution is -0.161. The maximum absolute atomic E-state index is 6.04. The Morgan fingerprint density at radius 3 is 2.45 bits per heavy atom. The predicted molar refractivity (Wildman–Crippen MR) is 122 cm³/mol. The van der Waals surface area contributed by atoms with Crippen LogP contribution >= 0.6 is 0 Å². The summed E-state index contributed by atoms with van der Waals surface area (Å²) in [6, 6.07) is 21.2. The lowest BCUT2D eigenvalue weighted by Gasteiger charge is -2.28. The first kappa shape index (κ1) is 22.0. The molecule has 2 aromatic carbocycles. The quantitative estimate of drug-likeness (QED) is 0.397. The summed E-state index contributed by atoms with van der Waals surface area (Å²) >= 11 is 0. The molecule has 1 saturated heterocycles. The van der Waals surface area contributed by atoms with Crippen LogP contribution in [0.1, 0.15) is 31.2 Å². The summed E-state index contributed by atoms with van der Waals surface area (Å²) in [6.07, 6.45) is 6.57. The highest BCUT2D eigenvalue weighted by Crippen LogP contribution is 2.21. The molecule has 0 aromatic heterocycles. The molecule has 0 saturated carbocycles. The summed E-state index contributed by atoms with van der Waals surface area (Å²) in [5, 5.41) is 2.93. The summed E-state index contributed by atoms with van der Waals surface area (Å²) in [6.45, 7) is 7.64. The van der Waals surface area contributed by atoms with Crippen LogP contribution in [0.2, 0.25) is 13.1 Å². The van der Waals surface area contributed by atoms with Crippen LogP contribution in [0.3, 0.4) is 0 Å². The zero-order valence-electron chi connectivity index (χ0n) is 17.8. The lowest BCUT2D eigenvalue weighted by Crippen LogP contribution is -2.44. The van der Waals surface area contributed by atoms with Gasteiger partial charge in [-0.15, -0.1) is 0 Å². The topological polar surface area (TPSA) is 27.7 Å². The Kier molecular flexibility index (Phi) is 8.68. The van der Waals surface area contributed by atoms with Gasteiger partial charge in [0.2, 0.25) is 0 Å². The van der Waals surface area contributed by atoms with Gasteiger partial charge < -0.3 is 14.2 Å². The Bertz CT molecular complexity index is 737. The second kappa shape index (κ2) is 11.5. The van der Waals surface area contributed by atoms with Gasteiger partial charge >= 0.3 is 0 Å². The molecular formula is C25H34O3Si. The van der Waals surface area contributed by atoms with Crippen molar-refractivity contribution in [3.63, 3.8) is 0 Å². The van der Waals surface area contributed by atoms with Crippen LogP contribution in [-0.2, 0) is 20.8 Å². The monoisotopic (exact) mass is 410 g/mol. The van der Waals surface area contributed by atoms with Crippen LogP contribution in [0.5, 0.6) is 0 Å². The first-order chi connectivity index (χ1) is 14.2. The standard InChI is InChI=1S/C25H34O3Si/c1-29(2,23-13-7-4-8-14-23)24(17-20-28-25-15-9-10-18-27-25)16-19-26-21-22-11-5-3-6-12-22/h3-8,11-14,16,25H,9-10,15,17-21H2,1-2H3/b24-16+. The van der Waals surface area contributed by atoms with Gasteiger partial charge in [-0.3, -0.25) is 0 Å². The van der Waals surface area contributed by atoms with Gasteiger partial charge in [0.25, 0.3) is 0 Å². The molecule has 1 aliphatic rings. The molecule has 0 amide bonds. The van der Waals surface area contributed by atoms with Crippen molar-refractivity contribution in [2.24, 2.45) is 0 Å². The molecule has 3 nitrogen and oxygen atoms in total. The molecular weight excluding hydrogens is 376 g/mol. The van der Waals surface area contributed by atoms with Gasteiger partial charge in [0.05, 0.1) is 19.8 Å². The van der Waals surface area contributed by atoms with Gasteiger partial charge in [0.1, 0.15) is 8.07 Å².